The number of likely N-dealkylation sites (N-methyl/N-ethyl adjacent to an activating group) is 1. The molecule has 1 aromatic carbocycles. The molecular formula is C21H38IN5. The lowest BCUT2D eigenvalue weighted by Gasteiger charge is -2.34. The van der Waals surface area contributed by atoms with Gasteiger partial charge in [-0.25, -0.2) is 0 Å². The third kappa shape index (κ3) is 8.35. The summed E-state index contributed by atoms with van der Waals surface area (Å²) in [4.78, 5) is 9.39. The first-order chi connectivity index (χ1) is 12.5. The summed E-state index contributed by atoms with van der Waals surface area (Å²) in [5.74, 6) is 1.44. The lowest BCUT2D eigenvalue weighted by atomic mass is 10.1. The molecule has 0 aliphatic carbocycles. The van der Waals surface area contributed by atoms with Gasteiger partial charge in [-0.15, -0.1) is 24.0 Å². The molecule has 2 N–H and O–H groups in total. The monoisotopic (exact) mass is 487 g/mol. The molecule has 27 heavy (non-hydrogen) atoms. The van der Waals surface area contributed by atoms with Crippen LogP contribution in [0.2, 0.25) is 0 Å². The van der Waals surface area contributed by atoms with E-state index in [1.807, 2.05) is 7.05 Å². The van der Waals surface area contributed by atoms with Gasteiger partial charge in [0.25, 0.3) is 0 Å². The van der Waals surface area contributed by atoms with E-state index in [0.29, 0.717) is 12.0 Å². The van der Waals surface area contributed by atoms with Crippen molar-refractivity contribution in [2.75, 3.05) is 39.8 Å². The molecule has 5 nitrogen and oxygen atoms in total. The largest absolute Gasteiger partial charge is 0.354 e. The smallest absolute Gasteiger partial charge is 0.191 e. The number of benzene rings is 1. The molecule has 154 valence electrons. The molecule has 0 aromatic heterocycles. The van der Waals surface area contributed by atoms with Gasteiger partial charge in [0.1, 0.15) is 0 Å². The Balaban J connectivity index is 0.00000364. The fourth-order valence-electron chi connectivity index (χ4n) is 3.05. The van der Waals surface area contributed by atoms with Crippen LogP contribution < -0.4 is 10.6 Å². The van der Waals surface area contributed by atoms with Crippen molar-refractivity contribution in [1.82, 2.24) is 20.4 Å². The number of hydrogen-bond donors (Lipinski definition) is 2. The van der Waals surface area contributed by atoms with Gasteiger partial charge in [0.05, 0.1) is 0 Å². The molecule has 6 heteroatoms. The number of aliphatic imine (C=N–C) groups is 1. The highest BCUT2D eigenvalue weighted by atomic mass is 127. The van der Waals surface area contributed by atoms with Crippen LogP contribution in [0.3, 0.4) is 0 Å². The standard InChI is InChI=1S/C21H37N5.HI/c1-6-25-11-13-26(14-12-25)16-20-9-7-19(8-10-20)15-23-21(22-5)24-18(4)17(2)3;/h7-10,17-18H,6,11-16H2,1-5H3,(H2,22,23,24);1H. The first-order valence-corrected chi connectivity index (χ1v) is 10.0. The second-order valence-corrected chi connectivity index (χ2v) is 7.63. The van der Waals surface area contributed by atoms with Crippen molar-refractivity contribution in [1.29, 1.82) is 0 Å². The summed E-state index contributed by atoms with van der Waals surface area (Å²) in [6.07, 6.45) is 0. The van der Waals surface area contributed by atoms with Crippen LogP contribution >= 0.6 is 24.0 Å². The van der Waals surface area contributed by atoms with E-state index in [1.165, 1.54) is 43.9 Å². The molecule has 1 aliphatic rings. The maximum Gasteiger partial charge on any atom is 0.191 e. The summed E-state index contributed by atoms with van der Waals surface area (Å²) in [6.45, 7) is 16.6. The molecular weight excluding hydrogens is 449 g/mol. The normalized spacial score (nSPS) is 17.5. The van der Waals surface area contributed by atoms with Crippen LogP contribution in [0.1, 0.15) is 38.8 Å². The van der Waals surface area contributed by atoms with Crippen molar-refractivity contribution in [2.24, 2.45) is 10.9 Å². The third-order valence-electron chi connectivity index (χ3n) is 5.39. The molecule has 1 unspecified atom stereocenters. The fraction of sp³-hybridized carbons (Fsp3) is 0.667. The molecule has 0 spiro atoms. The van der Waals surface area contributed by atoms with Crippen LogP contribution in [0.25, 0.3) is 0 Å². The number of nitrogens with zero attached hydrogens (tertiary/aromatic N) is 3. The van der Waals surface area contributed by atoms with Crippen LogP contribution in [0, 0.1) is 5.92 Å². The van der Waals surface area contributed by atoms with Crippen molar-refractivity contribution in [3.05, 3.63) is 35.4 Å². The average Bonchev–Trinajstić information content (AvgIpc) is 2.66. The van der Waals surface area contributed by atoms with Crippen LogP contribution in [0.4, 0.5) is 0 Å². The van der Waals surface area contributed by atoms with Crippen molar-refractivity contribution in [2.45, 2.75) is 46.8 Å². The Bertz CT molecular complexity index is 550. The van der Waals surface area contributed by atoms with Gasteiger partial charge in [-0.3, -0.25) is 9.89 Å². The summed E-state index contributed by atoms with van der Waals surface area (Å²) < 4.78 is 0. The molecule has 0 bridgehead atoms. The topological polar surface area (TPSA) is 42.9 Å². The summed E-state index contributed by atoms with van der Waals surface area (Å²) in [5.41, 5.74) is 2.68. The van der Waals surface area contributed by atoms with E-state index in [4.69, 9.17) is 0 Å². The predicted octanol–water partition coefficient (Wildman–Crippen LogP) is 3.15. The molecule has 0 amide bonds. The molecule has 1 saturated heterocycles. The fourth-order valence-corrected chi connectivity index (χ4v) is 3.05. The van der Waals surface area contributed by atoms with Gasteiger partial charge in [0.15, 0.2) is 5.96 Å². The van der Waals surface area contributed by atoms with Gasteiger partial charge < -0.3 is 15.5 Å². The Hall–Kier alpha value is -0.860. The van der Waals surface area contributed by atoms with E-state index in [2.05, 4.69) is 77.4 Å². The third-order valence-corrected chi connectivity index (χ3v) is 5.39. The molecule has 0 saturated carbocycles. The maximum absolute atomic E-state index is 4.32. The minimum Gasteiger partial charge on any atom is -0.354 e. The van der Waals surface area contributed by atoms with Crippen molar-refractivity contribution in [3.8, 4) is 0 Å². The highest BCUT2D eigenvalue weighted by molar-refractivity contribution is 14.0. The van der Waals surface area contributed by atoms with Gasteiger partial charge >= 0.3 is 0 Å². The first-order valence-electron chi connectivity index (χ1n) is 10.0. The highest BCUT2D eigenvalue weighted by Gasteiger charge is 2.15. The predicted molar refractivity (Wildman–Crippen MR) is 127 cm³/mol. The summed E-state index contributed by atoms with van der Waals surface area (Å²) in [6, 6.07) is 9.37. The van der Waals surface area contributed by atoms with E-state index in [1.54, 1.807) is 0 Å². The van der Waals surface area contributed by atoms with Gasteiger partial charge in [0, 0.05) is 52.4 Å². The van der Waals surface area contributed by atoms with Gasteiger partial charge in [-0.1, -0.05) is 45.0 Å². The van der Waals surface area contributed by atoms with Crippen LogP contribution in [0.15, 0.2) is 29.3 Å². The lowest BCUT2D eigenvalue weighted by molar-refractivity contribution is 0.132. The lowest BCUT2D eigenvalue weighted by Crippen LogP contribution is -2.45. The number of halogens is 1. The molecule has 1 fully saturated rings. The quantitative estimate of drug-likeness (QED) is 0.353. The second-order valence-electron chi connectivity index (χ2n) is 7.63. The van der Waals surface area contributed by atoms with Crippen LogP contribution in [-0.4, -0.2) is 61.6 Å². The van der Waals surface area contributed by atoms with Crippen LogP contribution in [0.5, 0.6) is 0 Å². The Kier molecular flexibility index (Phi) is 11.3. The Labute approximate surface area is 183 Å². The summed E-state index contributed by atoms with van der Waals surface area (Å²) in [5, 5.41) is 6.85. The van der Waals surface area contributed by atoms with Crippen molar-refractivity contribution in [3.63, 3.8) is 0 Å². The molecule has 0 radical (unpaired) electrons. The Morgan fingerprint density at radius 3 is 2.07 bits per heavy atom. The van der Waals surface area contributed by atoms with Gasteiger partial charge in [-0.2, -0.15) is 0 Å². The average molecular weight is 487 g/mol. The van der Waals surface area contributed by atoms with Crippen molar-refractivity contribution >= 4 is 29.9 Å². The van der Waals surface area contributed by atoms with E-state index in [9.17, 15) is 0 Å². The highest BCUT2D eigenvalue weighted by Crippen LogP contribution is 2.10. The van der Waals surface area contributed by atoms with E-state index < -0.39 is 0 Å². The van der Waals surface area contributed by atoms with Gasteiger partial charge in [-0.05, 0) is 30.5 Å². The van der Waals surface area contributed by atoms with E-state index in [-0.39, 0.29) is 24.0 Å². The molecule has 1 heterocycles. The number of hydrogen-bond acceptors (Lipinski definition) is 3. The minimum absolute atomic E-state index is 0. The zero-order valence-corrected chi connectivity index (χ0v) is 20.0. The number of rotatable bonds is 7. The zero-order valence-electron chi connectivity index (χ0n) is 17.7. The zero-order chi connectivity index (χ0) is 18.9. The minimum atomic E-state index is 0. The second kappa shape index (κ2) is 12.6. The Morgan fingerprint density at radius 2 is 1.56 bits per heavy atom. The number of piperazine rings is 1. The summed E-state index contributed by atoms with van der Waals surface area (Å²) in [7, 11) is 1.82. The summed E-state index contributed by atoms with van der Waals surface area (Å²) >= 11 is 0. The van der Waals surface area contributed by atoms with Crippen LogP contribution in [-0.2, 0) is 13.1 Å². The SMILES string of the molecule is CCN1CCN(Cc2ccc(CNC(=NC)NC(C)C(C)C)cc2)CC1.I. The van der Waals surface area contributed by atoms with E-state index >= 15 is 0 Å². The Morgan fingerprint density at radius 1 is 1.00 bits per heavy atom. The number of nitrogens with one attached hydrogen (secondary N) is 2. The first kappa shape index (κ1) is 24.2. The van der Waals surface area contributed by atoms with Crippen molar-refractivity contribution < 1.29 is 0 Å². The van der Waals surface area contributed by atoms with E-state index in [0.717, 1.165) is 19.0 Å². The molecule has 2 rings (SSSR count). The maximum atomic E-state index is 4.32. The molecule has 1 aliphatic heterocycles. The van der Waals surface area contributed by atoms with Gasteiger partial charge in [0.2, 0.25) is 0 Å². The molecule has 1 aromatic rings. The molecule has 1 atom stereocenters. The number of guanidine groups is 1.